The zero-order valence-electron chi connectivity index (χ0n) is 56.7. The lowest BCUT2D eigenvalue weighted by Gasteiger charge is -2.32. The van der Waals surface area contributed by atoms with Gasteiger partial charge in [0.05, 0.1) is 96.7 Å². The van der Waals surface area contributed by atoms with Crippen molar-refractivity contribution in [2.45, 2.75) is 0 Å². The molecule has 0 unspecified atom stereocenters. The molecule has 0 bridgehead atoms. The largest absolute Gasteiger partial charge is 0.433 e. The van der Waals surface area contributed by atoms with E-state index in [-0.39, 0.29) is 11.6 Å². The third-order valence-corrected chi connectivity index (χ3v) is 19.3. The van der Waals surface area contributed by atoms with E-state index in [4.69, 9.17) is 24.0 Å². The van der Waals surface area contributed by atoms with Gasteiger partial charge in [0, 0.05) is 61.6 Å². The van der Waals surface area contributed by atoms with E-state index >= 15 is 4.39 Å². The van der Waals surface area contributed by atoms with Gasteiger partial charge in [-0.3, -0.25) is 0 Å². The highest BCUT2D eigenvalue weighted by Gasteiger charge is 2.29. The average Bonchev–Trinajstić information content (AvgIpc) is 1.51. The summed E-state index contributed by atoms with van der Waals surface area (Å²) < 4.78 is 53.9. The van der Waals surface area contributed by atoms with E-state index in [0.717, 1.165) is 82.6 Å². The van der Waals surface area contributed by atoms with Crippen molar-refractivity contribution in [3.05, 3.63) is 326 Å². The molecule has 12 aromatic heterocycles. The molecular formula is C87H54BrF2N15O3. The average molecular weight is 1480 g/mol. The third kappa shape index (κ3) is 11.4. The highest BCUT2D eigenvalue weighted by atomic mass is 79.9. The van der Waals surface area contributed by atoms with E-state index in [1.165, 1.54) is 33.9 Å². The summed E-state index contributed by atoms with van der Waals surface area (Å²) in [4.78, 5) is 41.5. The number of aromatic nitrogens is 12. The summed E-state index contributed by atoms with van der Waals surface area (Å²) in [6, 6.07) is 87.7. The molecule has 1 aliphatic rings. The minimum absolute atomic E-state index is 0.244. The first-order valence-electron chi connectivity index (χ1n) is 34.4. The number of nitrogen functional groups attached to an aromatic ring is 1. The summed E-state index contributed by atoms with van der Waals surface area (Å²) in [6.07, 6.45) is 10.4. The Morgan fingerprint density at radius 3 is 1.25 bits per heavy atom. The van der Waals surface area contributed by atoms with E-state index in [1.807, 2.05) is 185 Å². The molecule has 3 N–H and O–H groups in total. The van der Waals surface area contributed by atoms with Gasteiger partial charge in [0.15, 0.2) is 33.7 Å². The standard InChI is InChI=1S/C29H18FN5O.C29H17N5O.C18H13FN2.C11H6BrN3O/c30-21-9-5-8-20-19-7-1-3-11-24(19)35(27(20)21)25-12-4-2-10-22(25)33-18-14-15-23(32-17-18)29-34-28-26(36-29)13-6-16-31-28;1-2-9-22-19(7-1)20-8-5-12-25-27(20)34(22)24-11-4-3-10-23(24)33(25)18-14-15-21(31-17-18)29-32-28-26(35-29)13-6-16-30-28;19-14-8-5-7-13-12-6-1-3-10-16(12)21(18(13)14)17-11-4-2-9-15(17)20;12-7-3-4-8(14-6-7)11-15-10-9(16-11)2-1-5-13-10/h1-17,33H;1-17H;1-11H,20H2;1-6H. The summed E-state index contributed by atoms with van der Waals surface area (Å²) in [6.45, 7) is 0. The maximum Gasteiger partial charge on any atom is 0.247 e. The van der Waals surface area contributed by atoms with Crippen LogP contribution in [0.3, 0.4) is 0 Å². The molecule has 0 saturated carbocycles. The number of pyridine rings is 6. The van der Waals surface area contributed by atoms with Gasteiger partial charge in [-0.05, 0) is 162 Å². The molecule has 18 nitrogen and oxygen atoms in total. The SMILES string of the molecule is Brc1ccc(-c2nc3ncccc3o2)nc1.Fc1cccc2c3ccccc3n(-c3ccccc3Nc3ccc(-c4nc5ncccc5o4)nc3)c12.Nc1ccccc1-n1c2ccccc2c2cccc(F)c21.c1ccc2c(c1)N(c1ccc(-c3nc4ncccc4o3)nc1)c1cccc3c4ccccc4n-2c13. The number of nitrogens with two attached hydrogens (primary N) is 1. The number of nitrogens with zero attached hydrogens (tertiary/aromatic N) is 13. The predicted octanol–water partition coefficient (Wildman–Crippen LogP) is 22.0. The summed E-state index contributed by atoms with van der Waals surface area (Å²) in [5.74, 6) is 0.855. The lowest BCUT2D eigenvalue weighted by molar-refractivity contribution is 0.616. The summed E-state index contributed by atoms with van der Waals surface area (Å²) in [5, 5.41) is 9.73. The summed E-state index contributed by atoms with van der Waals surface area (Å²) >= 11 is 3.33. The molecule has 9 aromatic carbocycles. The van der Waals surface area contributed by atoms with Crippen LogP contribution in [0.2, 0.25) is 0 Å². The third-order valence-electron chi connectivity index (χ3n) is 18.8. The molecule has 21 aromatic rings. The fraction of sp³-hybridized carbons (Fsp3) is 0. The second kappa shape index (κ2) is 26.9. The highest BCUT2D eigenvalue weighted by molar-refractivity contribution is 9.10. The number of benzene rings is 9. The molecule has 21 heteroatoms. The lowest BCUT2D eigenvalue weighted by atomic mass is 10.1. The number of hydrogen-bond acceptors (Lipinski definition) is 15. The number of hydrogen-bond donors (Lipinski definition) is 2. The first kappa shape index (κ1) is 64.3. The molecule has 1 aliphatic heterocycles. The van der Waals surface area contributed by atoms with Crippen LogP contribution in [0.4, 0.5) is 42.9 Å². The van der Waals surface area contributed by atoms with Crippen molar-refractivity contribution in [1.29, 1.82) is 0 Å². The van der Waals surface area contributed by atoms with E-state index in [2.05, 4.69) is 143 Å². The lowest BCUT2D eigenvalue weighted by Crippen LogP contribution is -2.18. The Labute approximate surface area is 620 Å². The van der Waals surface area contributed by atoms with Gasteiger partial charge < -0.3 is 42.9 Å². The minimum atomic E-state index is -0.266. The Bertz CT molecular complexity index is 6910. The van der Waals surface area contributed by atoms with Crippen molar-refractivity contribution in [2.75, 3.05) is 16.0 Å². The molecule has 0 aliphatic carbocycles. The van der Waals surface area contributed by atoms with Crippen molar-refractivity contribution in [1.82, 2.24) is 58.6 Å². The van der Waals surface area contributed by atoms with E-state index in [9.17, 15) is 4.39 Å². The number of rotatable bonds is 8. The first-order chi connectivity index (χ1) is 53.2. The van der Waals surface area contributed by atoms with Gasteiger partial charge >= 0.3 is 0 Å². The van der Waals surface area contributed by atoms with Crippen LogP contribution in [0.25, 0.3) is 151 Å². The topological polar surface area (TPSA) is 212 Å². The number of halogens is 3. The van der Waals surface area contributed by atoms with Gasteiger partial charge in [-0.15, -0.1) is 0 Å². The molecule has 108 heavy (non-hydrogen) atoms. The second-order valence-corrected chi connectivity index (χ2v) is 26.2. The molecule has 0 spiro atoms. The quantitative estimate of drug-likeness (QED) is 0.135. The molecule has 0 saturated heterocycles. The Morgan fingerprint density at radius 1 is 0.333 bits per heavy atom. The van der Waals surface area contributed by atoms with Crippen LogP contribution in [0.5, 0.6) is 0 Å². The molecule has 0 atom stereocenters. The van der Waals surface area contributed by atoms with Crippen molar-refractivity contribution < 1.29 is 22.0 Å². The van der Waals surface area contributed by atoms with Crippen LogP contribution in [0.15, 0.2) is 328 Å². The molecule has 22 rings (SSSR count). The van der Waals surface area contributed by atoms with Gasteiger partial charge in [0.2, 0.25) is 17.7 Å². The normalized spacial score (nSPS) is 11.7. The smallest absolute Gasteiger partial charge is 0.247 e. The van der Waals surface area contributed by atoms with Crippen LogP contribution < -0.4 is 16.0 Å². The van der Waals surface area contributed by atoms with Gasteiger partial charge in [0.25, 0.3) is 0 Å². The Kier molecular flexibility index (Phi) is 16.0. The van der Waals surface area contributed by atoms with Gasteiger partial charge in [-0.1, -0.05) is 127 Å². The second-order valence-electron chi connectivity index (χ2n) is 25.3. The molecule has 0 amide bonds. The zero-order chi connectivity index (χ0) is 72.3. The number of anilines is 6. The van der Waals surface area contributed by atoms with Crippen molar-refractivity contribution >= 4 is 149 Å². The fourth-order valence-electron chi connectivity index (χ4n) is 14.1. The number of fused-ring (bicyclic) bond motifs is 14. The molecule has 13 heterocycles. The Morgan fingerprint density at radius 2 is 0.750 bits per heavy atom. The van der Waals surface area contributed by atoms with Crippen LogP contribution in [0.1, 0.15) is 0 Å². The van der Waals surface area contributed by atoms with Crippen LogP contribution >= 0.6 is 15.9 Å². The summed E-state index contributed by atoms with van der Waals surface area (Å²) in [7, 11) is 0. The first-order valence-corrected chi connectivity index (χ1v) is 35.2. The van der Waals surface area contributed by atoms with E-state index in [0.29, 0.717) is 85.2 Å². The molecule has 0 radical (unpaired) electrons. The van der Waals surface area contributed by atoms with Gasteiger partial charge in [-0.2, -0.15) is 15.0 Å². The van der Waals surface area contributed by atoms with Crippen molar-refractivity contribution in [3.63, 3.8) is 0 Å². The highest BCUT2D eigenvalue weighted by Crippen LogP contribution is 2.50. The van der Waals surface area contributed by atoms with Gasteiger partial charge in [-0.25, -0.2) is 38.7 Å². The maximum absolute atomic E-state index is 15.1. The van der Waals surface area contributed by atoms with E-state index < -0.39 is 0 Å². The van der Waals surface area contributed by atoms with E-state index in [1.54, 1.807) is 49.2 Å². The molecular weight excluding hydrogens is 1420 g/mol. The predicted molar refractivity (Wildman–Crippen MR) is 425 cm³/mol. The van der Waals surface area contributed by atoms with Crippen LogP contribution in [0, 0.1) is 11.6 Å². The number of oxazole rings is 3. The Hall–Kier alpha value is -14.6. The Balaban J connectivity index is 0.000000103. The number of nitrogens with one attached hydrogen (secondary N) is 1. The maximum atomic E-state index is 15.1. The van der Waals surface area contributed by atoms with Crippen molar-refractivity contribution in [3.8, 4) is 51.8 Å². The molecule has 516 valence electrons. The van der Waals surface area contributed by atoms with Crippen LogP contribution in [-0.4, -0.2) is 58.6 Å². The van der Waals surface area contributed by atoms with Gasteiger partial charge in [0.1, 0.15) is 28.7 Å². The van der Waals surface area contributed by atoms with Crippen molar-refractivity contribution in [2.24, 2.45) is 0 Å². The molecule has 0 fully saturated rings. The summed E-state index contributed by atoms with van der Waals surface area (Å²) in [5.41, 5.74) is 25.4. The zero-order valence-corrected chi connectivity index (χ0v) is 58.3. The van der Waals surface area contributed by atoms with Crippen LogP contribution in [-0.2, 0) is 0 Å². The minimum Gasteiger partial charge on any atom is -0.433 e. The fourth-order valence-corrected chi connectivity index (χ4v) is 14.4. The number of para-hydroxylation sites is 12. The monoisotopic (exact) mass is 1470 g/mol.